The SMILES string of the molecule is CC(=O)O[C@H]1CC[C@H]2[C@@H](CC[C@@H]3[C@@H]2CC[C@]2(C)C(C(C)=O)=CC[C@@H]32)C1. The van der Waals surface area contributed by atoms with Crippen molar-refractivity contribution in [3.8, 4) is 0 Å². The average molecular weight is 344 g/mol. The van der Waals surface area contributed by atoms with Crippen LogP contribution < -0.4 is 0 Å². The van der Waals surface area contributed by atoms with E-state index in [-0.39, 0.29) is 17.5 Å². The van der Waals surface area contributed by atoms with Crippen molar-refractivity contribution < 1.29 is 14.3 Å². The molecule has 0 radical (unpaired) electrons. The van der Waals surface area contributed by atoms with Crippen LogP contribution in [0.3, 0.4) is 0 Å². The van der Waals surface area contributed by atoms with Gasteiger partial charge in [0.25, 0.3) is 0 Å². The third kappa shape index (κ3) is 2.78. The molecule has 7 atom stereocenters. The number of carbonyl (C=O) groups excluding carboxylic acids is 2. The molecule has 0 aromatic rings. The highest BCUT2D eigenvalue weighted by Crippen LogP contribution is 2.62. The molecular weight excluding hydrogens is 312 g/mol. The van der Waals surface area contributed by atoms with Gasteiger partial charge in [0, 0.05) is 6.92 Å². The highest BCUT2D eigenvalue weighted by atomic mass is 16.5. The lowest BCUT2D eigenvalue weighted by Crippen LogP contribution is -2.49. The van der Waals surface area contributed by atoms with Crippen molar-refractivity contribution in [1.29, 1.82) is 0 Å². The van der Waals surface area contributed by atoms with Gasteiger partial charge in [0.05, 0.1) is 0 Å². The summed E-state index contributed by atoms with van der Waals surface area (Å²) in [4.78, 5) is 23.4. The smallest absolute Gasteiger partial charge is 0.302 e. The van der Waals surface area contributed by atoms with E-state index in [0.717, 1.165) is 48.5 Å². The van der Waals surface area contributed by atoms with Gasteiger partial charge in [-0.2, -0.15) is 0 Å². The van der Waals surface area contributed by atoms with E-state index < -0.39 is 0 Å². The van der Waals surface area contributed by atoms with Crippen LogP contribution in [-0.2, 0) is 14.3 Å². The first-order valence-electron chi connectivity index (χ1n) is 10.3. The highest BCUT2D eigenvalue weighted by molar-refractivity contribution is 5.95. The molecule has 3 saturated carbocycles. The number of hydrogen-bond acceptors (Lipinski definition) is 3. The maximum atomic E-state index is 12.1. The van der Waals surface area contributed by atoms with Gasteiger partial charge in [0.2, 0.25) is 0 Å². The van der Waals surface area contributed by atoms with Gasteiger partial charge in [0.1, 0.15) is 6.10 Å². The average Bonchev–Trinajstić information content (AvgIpc) is 2.91. The van der Waals surface area contributed by atoms with E-state index in [1.54, 1.807) is 6.92 Å². The summed E-state index contributed by atoms with van der Waals surface area (Å²) >= 11 is 0. The predicted molar refractivity (Wildman–Crippen MR) is 96.8 cm³/mol. The molecule has 4 rings (SSSR count). The Kier molecular flexibility index (Phi) is 4.32. The summed E-state index contributed by atoms with van der Waals surface area (Å²) in [6.45, 7) is 5.64. The molecule has 0 N–H and O–H groups in total. The largest absolute Gasteiger partial charge is 0.463 e. The van der Waals surface area contributed by atoms with E-state index in [9.17, 15) is 9.59 Å². The van der Waals surface area contributed by atoms with Crippen molar-refractivity contribution in [2.24, 2.45) is 35.0 Å². The summed E-state index contributed by atoms with van der Waals surface area (Å²) in [6.07, 6.45) is 11.9. The lowest BCUT2D eigenvalue weighted by molar-refractivity contribution is -0.151. The van der Waals surface area contributed by atoms with Crippen molar-refractivity contribution >= 4 is 11.8 Å². The molecule has 0 aromatic carbocycles. The number of carbonyl (C=O) groups is 2. The van der Waals surface area contributed by atoms with Gasteiger partial charge in [0.15, 0.2) is 5.78 Å². The molecule has 138 valence electrons. The molecule has 3 heteroatoms. The fourth-order valence-corrected chi connectivity index (χ4v) is 7.27. The minimum absolute atomic E-state index is 0.126. The third-order valence-electron chi connectivity index (χ3n) is 8.20. The third-order valence-corrected chi connectivity index (χ3v) is 8.20. The number of fused-ring (bicyclic) bond motifs is 5. The molecule has 0 aromatic heterocycles. The summed E-state index contributed by atoms with van der Waals surface area (Å²) in [5.74, 6) is 4.02. The zero-order valence-electron chi connectivity index (χ0n) is 15.9. The first-order valence-corrected chi connectivity index (χ1v) is 10.3. The first-order chi connectivity index (χ1) is 11.9. The number of rotatable bonds is 2. The second-order valence-electron chi connectivity index (χ2n) is 9.35. The standard InChI is InChI=1S/C22H32O3/c1-13(23)20-8-9-21-19-6-4-15-12-16(25-14(2)24)5-7-17(15)18(19)10-11-22(20,21)3/h8,15-19,21H,4-7,9-12H2,1-3H3/t15-,16-,17-,18+,19+,21-,22+/m0/s1. The van der Waals surface area contributed by atoms with Crippen molar-refractivity contribution in [2.75, 3.05) is 0 Å². The Hall–Kier alpha value is -1.12. The molecular formula is C22H32O3. The van der Waals surface area contributed by atoms with E-state index in [0.29, 0.717) is 11.7 Å². The fourth-order valence-electron chi connectivity index (χ4n) is 7.27. The second-order valence-corrected chi connectivity index (χ2v) is 9.35. The molecule has 0 bridgehead atoms. The van der Waals surface area contributed by atoms with E-state index >= 15 is 0 Å². The van der Waals surface area contributed by atoms with Gasteiger partial charge >= 0.3 is 5.97 Å². The molecule has 0 aliphatic heterocycles. The summed E-state index contributed by atoms with van der Waals surface area (Å²) < 4.78 is 5.52. The zero-order chi connectivity index (χ0) is 17.8. The summed E-state index contributed by atoms with van der Waals surface area (Å²) in [6, 6.07) is 0. The predicted octanol–water partition coefficient (Wildman–Crippen LogP) is 4.70. The molecule has 4 aliphatic rings. The number of esters is 1. The Morgan fingerprint density at radius 2 is 1.80 bits per heavy atom. The Morgan fingerprint density at radius 1 is 1.04 bits per heavy atom. The van der Waals surface area contributed by atoms with Crippen LogP contribution in [0.5, 0.6) is 0 Å². The minimum atomic E-state index is -0.126. The zero-order valence-corrected chi connectivity index (χ0v) is 15.9. The summed E-state index contributed by atoms with van der Waals surface area (Å²) in [5.41, 5.74) is 1.26. The van der Waals surface area contributed by atoms with Gasteiger partial charge in [-0.15, -0.1) is 0 Å². The highest BCUT2D eigenvalue weighted by Gasteiger charge is 2.55. The lowest BCUT2D eigenvalue weighted by atomic mass is 9.49. The maximum absolute atomic E-state index is 12.1. The number of Topliss-reactive ketones (excluding diaryl/α,β-unsaturated/α-hetero) is 1. The molecule has 3 fully saturated rings. The van der Waals surface area contributed by atoms with Crippen molar-refractivity contribution in [1.82, 2.24) is 0 Å². The minimum Gasteiger partial charge on any atom is -0.463 e. The van der Waals surface area contributed by atoms with Gasteiger partial charge in [-0.25, -0.2) is 0 Å². The van der Waals surface area contributed by atoms with E-state index in [1.807, 2.05) is 0 Å². The normalized spacial score (nSPS) is 45.6. The van der Waals surface area contributed by atoms with Crippen molar-refractivity contribution in [3.05, 3.63) is 11.6 Å². The number of allylic oxidation sites excluding steroid dienone is 2. The number of hydrogen-bond donors (Lipinski definition) is 0. The van der Waals surface area contributed by atoms with Crippen LogP contribution in [0.1, 0.15) is 72.1 Å². The number of ether oxygens (including phenoxy) is 1. The van der Waals surface area contributed by atoms with Crippen molar-refractivity contribution in [3.63, 3.8) is 0 Å². The van der Waals surface area contributed by atoms with Crippen LogP contribution in [0, 0.1) is 35.0 Å². The Labute approximate surface area is 151 Å². The van der Waals surface area contributed by atoms with Gasteiger partial charge in [-0.05, 0) is 98.9 Å². The quantitative estimate of drug-likeness (QED) is 0.682. The molecule has 4 aliphatic carbocycles. The van der Waals surface area contributed by atoms with E-state index in [1.165, 1.54) is 39.0 Å². The van der Waals surface area contributed by atoms with Crippen LogP contribution in [0.15, 0.2) is 11.6 Å². The van der Waals surface area contributed by atoms with Gasteiger partial charge < -0.3 is 4.74 Å². The molecule has 25 heavy (non-hydrogen) atoms. The Bertz CT molecular complexity index is 606. The number of ketones is 1. The molecule has 3 nitrogen and oxygen atoms in total. The molecule has 0 amide bonds. The topological polar surface area (TPSA) is 43.4 Å². The van der Waals surface area contributed by atoms with Crippen LogP contribution in [0.4, 0.5) is 0 Å². The molecule has 0 unspecified atom stereocenters. The lowest BCUT2D eigenvalue weighted by Gasteiger charge is -2.55. The molecule has 0 saturated heterocycles. The summed E-state index contributed by atoms with van der Waals surface area (Å²) in [7, 11) is 0. The van der Waals surface area contributed by atoms with Gasteiger partial charge in [-0.1, -0.05) is 13.0 Å². The van der Waals surface area contributed by atoms with Gasteiger partial charge in [-0.3, -0.25) is 9.59 Å². The van der Waals surface area contributed by atoms with Crippen molar-refractivity contribution in [2.45, 2.75) is 78.2 Å². The Balaban J connectivity index is 1.48. The summed E-state index contributed by atoms with van der Waals surface area (Å²) in [5, 5.41) is 0. The van der Waals surface area contributed by atoms with Crippen LogP contribution in [0.25, 0.3) is 0 Å². The Morgan fingerprint density at radius 3 is 2.52 bits per heavy atom. The van der Waals surface area contributed by atoms with Crippen LogP contribution >= 0.6 is 0 Å². The molecule has 0 heterocycles. The van der Waals surface area contributed by atoms with E-state index in [2.05, 4.69) is 13.0 Å². The van der Waals surface area contributed by atoms with E-state index in [4.69, 9.17) is 4.74 Å². The molecule has 0 spiro atoms. The maximum Gasteiger partial charge on any atom is 0.302 e. The van der Waals surface area contributed by atoms with Crippen LogP contribution in [0.2, 0.25) is 0 Å². The monoisotopic (exact) mass is 344 g/mol. The fraction of sp³-hybridized carbons (Fsp3) is 0.818. The van der Waals surface area contributed by atoms with Crippen LogP contribution in [-0.4, -0.2) is 17.9 Å². The first kappa shape index (κ1) is 17.3. The second kappa shape index (κ2) is 6.25.